The maximum Gasteiger partial charge on any atom is 0.0595 e. The van der Waals surface area contributed by atoms with Crippen molar-refractivity contribution in [3.8, 4) is 0 Å². The van der Waals surface area contributed by atoms with Crippen LogP contribution in [0.25, 0.3) is 0 Å². The first-order valence-electron chi connectivity index (χ1n) is 7.48. The van der Waals surface area contributed by atoms with Crippen LogP contribution in [0.15, 0.2) is 18.2 Å². The molecule has 1 atom stereocenters. The van der Waals surface area contributed by atoms with Crippen molar-refractivity contribution in [1.82, 2.24) is 5.32 Å². The molecule has 0 amide bonds. The Hall–Kier alpha value is -0.240. The predicted octanol–water partition coefficient (Wildman–Crippen LogP) is 5.90. The summed E-state index contributed by atoms with van der Waals surface area (Å²) in [5.74, 6) is 1.13. The number of rotatable bonds is 6. The maximum absolute atomic E-state index is 6.19. The average molecular weight is 316 g/mol. The SMILES string of the molecule is CCC(CC)C(CNC(C)(C)C)c1ccc(Cl)c(Cl)c1. The van der Waals surface area contributed by atoms with E-state index in [-0.39, 0.29) is 5.54 Å². The van der Waals surface area contributed by atoms with Crippen LogP contribution in [-0.4, -0.2) is 12.1 Å². The first kappa shape index (κ1) is 17.8. The van der Waals surface area contributed by atoms with E-state index in [1.54, 1.807) is 0 Å². The molecule has 114 valence electrons. The molecule has 20 heavy (non-hydrogen) atoms. The second-order valence-corrected chi connectivity index (χ2v) is 7.30. The van der Waals surface area contributed by atoms with Crippen molar-refractivity contribution in [2.75, 3.05) is 6.54 Å². The van der Waals surface area contributed by atoms with Gasteiger partial charge in [0.15, 0.2) is 0 Å². The zero-order chi connectivity index (χ0) is 15.3. The molecule has 0 bridgehead atoms. The number of halogens is 2. The van der Waals surface area contributed by atoms with Gasteiger partial charge in [-0.2, -0.15) is 0 Å². The quantitative estimate of drug-likeness (QED) is 0.689. The molecule has 0 aliphatic carbocycles. The number of hydrogen-bond donors (Lipinski definition) is 1. The Morgan fingerprint density at radius 2 is 1.65 bits per heavy atom. The van der Waals surface area contributed by atoms with E-state index in [4.69, 9.17) is 23.2 Å². The molecule has 0 saturated heterocycles. The van der Waals surface area contributed by atoms with Crippen molar-refractivity contribution in [1.29, 1.82) is 0 Å². The molecule has 0 aliphatic heterocycles. The Morgan fingerprint density at radius 3 is 2.10 bits per heavy atom. The lowest BCUT2D eigenvalue weighted by molar-refractivity contribution is 0.335. The van der Waals surface area contributed by atoms with Crippen LogP contribution in [-0.2, 0) is 0 Å². The van der Waals surface area contributed by atoms with E-state index in [1.807, 2.05) is 12.1 Å². The first-order valence-corrected chi connectivity index (χ1v) is 8.24. The molecular formula is C17H27Cl2N. The van der Waals surface area contributed by atoms with Gasteiger partial charge in [-0.3, -0.25) is 0 Å². The summed E-state index contributed by atoms with van der Waals surface area (Å²) in [5.41, 5.74) is 1.41. The third kappa shape index (κ3) is 5.27. The molecule has 1 unspecified atom stereocenters. The molecule has 1 N–H and O–H groups in total. The number of hydrogen-bond acceptors (Lipinski definition) is 1. The van der Waals surface area contributed by atoms with Crippen LogP contribution >= 0.6 is 23.2 Å². The van der Waals surface area contributed by atoms with Crippen LogP contribution in [0.4, 0.5) is 0 Å². The lowest BCUT2D eigenvalue weighted by Gasteiger charge is -2.30. The van der Waals surface area contributed by atoms with E-state index < -0.39 is 0 Å². The van der Waals surface area contributed by atoms with Gasteiger partial charge in [0.1, 0.15) is 0 Å². The standard InChI is InChI=1S/C17H27Cl2N/c1-6-12(7-2)14(11-20-17(3,4)5)13-8-9-15(18)16(19)10-13/h8-10,12,14,20H,6-7,11H2,1-5H3. The fraction of sp³-hybridized carbons (Fsp3) is 0.647. The summed E-state index contributed by atoms with van der Waals surface area (Å²) in [6, 6.07) is 6.05. The molecule has 0 fully saturated rings. The van der Waals surface area contributed by atoms with Gasteiger partial charge in [-0.15, -0.1) is 0 Å². The van der Waals surface area contributed by atoms with Gasteiger partial charge in [-0.1, -0.05) is 56.0 Å². The summed E-state index contributed by atoms with van der Waals surface area (Å²) in [6.07, 6.45) is 2.35. The fourth-order valence-electron chi connectivity index (χ4n) is 2.57. The van der Waals surface area contributed by atoms with Crippen molar-refractivity contribution in [3.63, 3.8) is 0 Å². The highest BCUT2D eigenvalue weighted by atomic mass is 35.5. The van der Waals surface area contributed by atoms with E-state index >= 15 is 0 Å². The highest BCUT2D eigenvalue weighted by Crippen LogP contribution is 2.33. The Kier molecular flexibility index (Phi) is 6.84. The summed E-state index contributed by atoms with van der Waals surface area (Å²) < 4.78 is 0. The summed E-state index contributed by atoms with van der Waals surface area (Å²) in [4.78, 5) is 0. The van der Waals surface area contributed by atoms with E-state index in [0.717, 1.165) is 6.54 Å². The Balaban J connectivity index is 2.99. The molecule has 0 saturated carbocycles. The Morgan fingerprint density at radius 1 is 1.05 bits per heavy atom. The smallest absolute Gasteiger partial charge is 0.0595 e. The number of nitrogens with one attached hydrogen (secondary N) is 1. The minimum absolute atomic E-state index is 0.125. The second-order valence-electron chi connectivity index (χ2n) is 6.49. The molecule has 0 radical (unpaired) electrons. The molecule has 0 heterocycles. The monoisotopic (exact) mass is 315 g/mol. The largest absolute Gasteiger partial charge is 0.311 e. The average Bonchev–Trinajstić information content (AvgIpc) is 2.37. The maximum atomic E-state index is 6.19. The molecule has 1 nitrogen and oxygen atoms in total. The van der Waals surface area contributed by atoms with Gasteiger partial charge in [0.25, 0.3) is 0 Å². The molecule has 0 aromatic heterocycles. The third-order valence-corrected chi connectivity index (χ3v) is 4.58. The second kappa shape index (κ2) is 7.68. The van der Waals surface area contributed by atoms with Crippen LogP contribution in [0.3, 0.4) is 0 Å². The summed E-state index contributed by atoms with van der Waals surface area (Å²) in [5, 5.41) is 4.90. The van der Waals surface area contributed by atoms with Crippen molar-refractivity contribution < 1.29 is 0 Å². The Bertz CT molecular complexity index is 419. The van der Waals surface area contributed by atoms with Crippen molar-refractivity contribution in [2.24, 2.45) is 5.92 Å². The van der Waals surface area contributed by atoms with Gasteiger partial charge in [-0.05, 0) is 50.3 Å². The fourth-order valence-corrected chi connectivity index (χ4v) is 2.88. The lowest BCUT2D eigenvalue weighted by Crippen LogP contribution is -2.40. The summed E-state index contributed by atoms with van der Waals surface area (Å²) in [6.45, 7) is 12.1. The highest BCUT2D eigenvalue weighted by molar-refractivity contribution is 6.42. The van der Waals surface area contributed by atoms with E-state index in [0.29, 0.717) is 21.9 Å². The van der Waals surface area contributed by atoms with Gasteiger partial charge < -0.3 is 5.32 Å². The van der Waals surface area contributed by atoms with Crippen LogP contribution < -0.4 is 5.32 Å². The van der Waals surface area contributed by atoms with Gasteiger partial charge in [0.2, 0.25) is 0 Å². The van der Waals surface area contributed by atoms with E-state index in [2.05, 4.69) is 46.0 Å². The van der Waals surface area contributed by atoms with Crippen LogP contribution in [0.5, 0.6) is 0 Å². The zero-order valence-electron chi connectivity index (χ0n) is 13.3. The molecule has 0 spiro atoms. The van der Waals surface area contributed by atoms with Crippen LogP contribution in [0, 0.1) is 5.92 Å². The van der Waals surface area contributed by atoms with E-state index in [9.17, 15) is 0 Å². The molecule has 1 aromatic carbocycles. The van der Waals surface area contributed by atoms with Gasteiger partial charge in [0.05, 0.1) is 10.0 Å². The number of benzene rings is 1. The molecular weight excluding hydrogens is 289 g/mol. The minimum atomic E-state index is 0.125. The predicted molar refractivity (Wildman–Crippen MR) is 91.0 cm³/mol. The molecule has 3 heteroatoms. The first-order chi connectivity index (χ1) is 9.28. The highest BCUT2D eigenvalue weighted by Gasteiger charge is 2.23. The minimum Gasteiger partial charge on any atom is -0.311 e. The van der Waals surface area contributed by atoms with Crippen LogP contribution in [0.1, 0.15) is 58.9 Å². The van der Waals surface area contributed by atoms with Gasteiger partial charge in [0, 0.05) is 12.1 Å². The van der Waals surface area contributed by atoms with Crippen LogP contribution in [0.2, 0.25) is 10.0 Å². The summed E-state index contributed by atoms with van der Waals surface area (Å²) >= 11 is 12.2. The third-order valence-electron chi connectivity index (χ3n) is 3.84. The zero-order valence-corrected chi connectivity index (χ0v) is 14.8. The van der Waals surface area contributed by atoms with Gasteiger partial charge in [-0.25, -0.2) is 0 Å². The van der Waals surface area contributed by atoms with Crippen molar-refractivity contribution >= 4 is 23.2 Å². The van der Waals surface area contributed by atoms with Crippen molar-refractivity contribution in [3.05, 3.63) is 33.8 Å². The van der Waals surface area contributed by atoms with E-state index in [1.165, 1.54) is 18.4 Å². The summed E-state index contributed by atoms with van der Waals surface area (Å²) in [7, 11) is 0. The van der Waals surface area contributed by atoms with Gasteiger partial charge >= 0.3 is 0 Å². The normalized spacial score (nSPS) is 13.8. The lowest BCUT2D eigenvalue weighted by atomic mass is 9.82. The Labute approximate surface area is 134 Å². The van der Waals surface area contributed by atoms with Crippen molar-refractivity contribution in [2.45, 2.75) is 58.9 Å². The molecule has 1 rings (SSSR count). The topological polar surface area (TPSA) is 12.0 Å². The molecule has 0 aliphatic rings. The molecule has 1 aromatic rings.